The van der Waals surface area contributed by atoms with Crippen molar-refractivity contribution in [3.8, 4) is 0 Å². The van der Waals surface area contributed by atoms with Crippen LogP contribution in [0.3, 0.4) is 0 Å². The highest BCUT2D eigenvalue weighted by Gasteiger charge is 2.30. The van der Waals surface area contributed by atoms with E-state index >= 15 is 0 Å². The molecule has 578 valence electrons. The highest BCUT2D eigenvalue weighted by molar-refractivity contribution is 7.47. The summed E-state index contributed by atoms with van der Waals surface area (Å²) in [6.07, 6.45) is 77.0. The molecule has 17 nitrogen and oxygen atoms in total. The van der Waals surface area contributed by atoms with E-state index in [-0.39, 0.29) is 25.7 Å². The Morgan fingerprint density at radius 3 is 0.920 bits per heavy atom. The van der Waals surface area contributed by atoms with E-state index < -0.39 is 97.5 Å². The Bertz CT molecular complexity index is 2270. The second-order valence-electron chi connectivity index (χ2n) is 26.3. The Labute approximate surface area is 607 Å². The van der Waals surface area contributed by atoms with Gasteiger partial charge in [0.25, 0.3) is 0 Å². The van der Waals surface area contributed by atoms with Gasteiger partial charge >= 0.3 is 39.5 Å². The van der Waals surface area contributed by atoms with Gasteiger partial charge in [-0.25, -0.2) is 9.13 Å². The largest absolute Gasteiger partial charge is 0.472 e. The van der Waals surface area contributed by atoms with Crippen molar-refractivity contribution in [1.29, 1.82) is 0 Å². The van der Waals surface area contributed by atoms with Gasteiger partial charge in [0.2, 0.25) is 0 Å². The smallest absolute Gasteiger partial charge is 0.462 e. The van der Waals surface area contributed by atoms with Gasteiger partial charge in [-0.15, -0.1) is 0 Å². The molecule has 0 aliphatic carbocycles. The van der Waals surface area contributed by atoms with Gasteiger partial charge in [0.15, 0.2) is 12.2 Å². The predicted octanol–water partition coefficient (Wildman–Crippen LogP) is 22.8. The number of aliphatic hydroxyl groups is 1. The molecule has 5 unspecified atom stereocenters. The van der Waals surface area contributed by atoms with Gasteiger partial charge < -0.3 is 33.8 Å². The first kappa shape index (κ1) is 96.0. The van der Waals surface area contributed by atoms with Gasteiger partial charge in [0.05, 0.1) is 32.8 Å². The van der Waals surface area contributed by atoms with E-state index in [0.717, 1.165) is 135 Å². The van der Waals surface area contributed by atoms with E-state index in [9.17, 15) is 43.2 Å². The predicted molar refractivity (Wildman–Crippen MR) is 409 cm³/mol. The minimum atomic E-state index is -5.00. The maximum absolute atomic E-state index is 13.1. The van der Waals surface area contributed by atoms with Crippen LogP contribution in [0.2, 0.25) is 0 Å². The van der Waals surface area contributed by atoms with Crippen molar-refractivity contribution in [2.45, 2.75) is 354 Å². The standard InChI is InChI=1S/C81H142O17P2/c1-5-9-13-17-21-25-29-33-37-41-45-49-53-57-61-65-78(83)91-71-76(97-80(85)67-63-59-55-51-47-43-39-35-31-27-23-19-15-11-7-3)73-95-99(87,88)93-69-75(82)70-94-100(89,90)96-74-77(98-81(86)68-64-60-56-52-48-44-40-36-32-28-24-20-16-12-8-4)72-92-79(84)66-62-58-54-50-46-42-38-34-30-26-22-18-14-10-6-2/h9,13,21,23,25,27,33-35,37-39,45,49,57,61,75-77,82H,5-8,10-12,14-20,22,24,26,28-32,36,40-44,46-48,50-56,58-60,62-74H2,1-4H3,(H,87,88)(H,89,90)/b13-9-,25-21-,27-23-,37-33-,38-34-,39-35-,49-45-,61-57-. The third-order valence-corrected chi connectivity index (χ3v) is 18.5. The van der Waals surface area contributed by atoms with Crippen molar-refractivity contribution >= 4 is 39.5 Å². The van der Waals surface area contributed by atoms with Crippen LogP contribution >= 0.6 is 15.6 Å². The van der Waals surface area contributed by atoms with Crippen molar-refractivity contribution in [3.05, 3.63) is 97.2 Å². The van der Waals surface area contributed by atoms with Crippen LogP contribution in [-0.2, 0) is 65.4 Å². The van der Waals surface area contributed by atoms with Gasteiger partial charge in [0.1, 0.15) is 19.3 Å². The number of phosphoric ester groups is 2. The van der Waals surface area contributed by atoms with E-state index in [0.29, 0.717) is 25.7 Å². The zero-order chi connectivity index (χ0) is 73.2. The molecule has 0 bridgehead atoms. The molecular formula is C81H142O17P2. The molecule has 0 fully saturated rings. The van der Waals surface area contributed by atoms with E-state index in [1.165, 1.54) is 122 Å². The quantitative estimate of drug-likeness (QED) is 0.0169. The summed E-state index contributed by atoms with van der Waals surface area (Å²) in [5, 5.41) is 10.6. The number of esters is 4. The summed E-state index contributed by atoms with van der Waals surface area (Å²) in [7, 11) is -9.98. The second kappa shape index (κ2) is 73.3. The maximum atomic E-state index is 13.1. The molecule has 19 heteroatoms. The molecule has 0 amide bonds. The Morgan fingerprint density at radius 2 is 0.560 bits per heavy atom. The van der Waals surface area contributed by atoms with Crippen LogP contribution in [-0.4, -0.2) is 96.7 Å². The molecule has 0 saturated heterocycles. The highest BCUT2D eigenvalue weighted by atomic mass is 31.2. The number of hydrogen-bond acceptors (Lipinski definition) is 15. The van der Waals surface area contributed by atoms with Crippen LogP contribution in [0.5, 0.6) is 0 Å². The molecule has 0 aromatic carbocycles. The first-order valence-corrected chi connectivity index (χ1v) is 42.5. The van der Waals surface area contributed by atoms with Crippen LogP contribution in [0.25, 0.3) is 0 Å². The number of allylic oxidation sites excluding steroid dienone is 15. The lowest BCUT2D eigenvalue weighted by molar-refractivity contribution is -0.161. The van der Waals surface area contributed by atoms with E-state index in [4.69, 9.17) is 37.0 Å². The van der Waals surface area contributed by atoms with Crippen LogP contribution in [0.4, 0.5) is 0 Å². The zero-order valence-electron chi connectivity index (χ0n) is 63.1. The summed E-state index contributed by atoms with van der Waals surface area (Å²) >= 11 is 0. The summed E-state index contributed by atoms with van der Waals surface area (Å²) in [6, 6.07) is 0. The highest BCUT2D eigenvalue weighted by Crippen LogP contribution is 2.45. The topological polar surface area (TPSA) is 237 Å². The van der Waals surface area contributed by atoms with E-state index in [1.54, 1.807) is 6.08 Å². The van der Waals surface area contributed by atoms with Gasteiger partial charge in [-0.1, -0.05) is 298 Å². The minimum Gasteiger partial charge on any atom is -0.462 e. The molecule has 3 N–H and O–H groups in total. The third-order valence-electron chi connectivity index (χ3n) is 16.6. The molecule has 0 aromatic heterocycles. The van der Waals surface area contributed by atoms with Crippen molar-refractivity contribution in [2.75, 3.05) is 39.6 Å². The average Bonchev–Trinajstić information content (AvgIpc) is 1.01. The van der Waals surface area contributed by atoms with Gasteiger partial charge in [0, 0.05) is 19.3 Å². The normalized spacial score (nSPS) is 14.4. The number of ether oxygens (including phenoxy) is 4. The fourth-order valence-corrected chi connectivity index (χ4v) is 12.1. The summed E-state index contributed by atoms with van der Waals surface area (Å²) in [6.45, 7) is 4.63. The molecule has 0 radical (unpaired) electrons. The zero-order valence-corrected chi connectivity index (χ0v) is 64.9. The first-order valence-electron chi connectivity index (χ1n) is 39.5. The van der Waals surface area contributed by atoms with Crippen LogP contribution in [0, 0.1) is 0 Å². The molecule has 100 heavy (non-hydrogen) atoms. The van der Waals surface area contributed by atoms with Gasteiger partial charge in [-0.3, -0.25) is 37.3 Å². The maximum Gasteiger partial charge on any atom is 0.472 e. The molecule has 5 atom stereocenters. The third kappa shape index (κ3) is 72.3. The number of aliphatic hydroxyl groups excluding tert-OH is 1. The number of hydrogen-bond donors (Lipinski definition) is 3. The molecule has 0 rings (SSSR count). The fourth-order valence-electron chi connectivity index (χ4n) is 10.6. The monoisotopic (exact) mass is 1450 g/mol. The molecule has 0 saturated carbocycles. The van der Waals surface area contributed by atoms with Gasteiger partial charge in [-0.2, -0.15) is 0 Å². The average molecular weight is 1450 g/mol. The second-order valence-corrected chi connectivity index (χ2v) is 29.2. The molecular weight excluding hydrogens is 1310 g/mol. The molecule has 0 aliphatic rings. The summed E-state index contributed by atoms with van der Waals surface area (Å²) in [5.74, 6) is -2.33. The lowest BCUT2D eigenvalue weighted by Crippen LogP contribution is -2.30. The van der Waals surface area contributed by atoms with E-state index in [2.05, 4.69) is 101 Å². The Kier molecular flexibility index (Phi) is 70.4. The van der Waals surface area contributed by atoms with Crippen molar-refractivity contribution in [3.63, 3.8) is 0 Å². The Balaban J connectivity index is 5.42. The summed E-state index contributed by atoms with van der Waals surface area (Å²) in [4.78, 5) is 72.9. The van der Waals surface area contributed by atoms with Gasteiger partial charge in [-0.05, 0) is 109 Å². The molecule has 0 aliphatic heterocycles. The van der Waals surface area contributed by atoms with Crippen LogP contribution in [0.1, 0.15) is 336 Å². The number of phosphoric acid groups is 2. The van der Waals surface area contributed by atoms with Crippen molar-refractivity contribution in [1.82, 2.24) is 0 Å². The minimum absolute atomic E-state index is 0.0595. The summed E-state index contributed by atoms with van der Waals surface area (Å²) in [5.41, 5.74) is 0. The van der Waals surface area contributed by atoms with Crippen LogP contribution < -0.4 is 0 Å². The number of carbonyl (C=O) groups is 4. The Morgan fingerprint density at radius 1 is 0.300 bits per heavy atom. The lowest BCUT2D eigenvalue weighted by Gasteiger charge is -2.21. The van der Waals surface area contributed by atoms with Crippen LogP contribution in [0.15, 0.2) is 97.2 Å². The molecule has 0 heterocycles. The number of rotatable bonds is 74. The number of carbonyl (C=O) groups excluding carboxylic acids is 4. The molecule has 0 aromatic rings. The van der Waals surface area contributed by atoms with Crippen molar-refractivity contribution < 1.29 is 80.2 Å². The van der Waals surface area contributed by atoms with E-state index in [1.807, 2.05) is 18.2 Å². The molecule has 0 spiro atoms. The SMILES string of the molecule is CC/C=C\C/C=C\C/C=C\C/C=C\C/C=C\CC(=O)OCC(COP(=O)(O)OCC(O)COP(=O)(O)OCC(COC(=O)CCCCCCC/C=C\CCCCCCCC)OC(=O)CCCCCCCCCCCCCCCCC)OC(=O)CCCCCCC/C=C\C/C=C\CCCCC. The number of unbranched alkanes of at least 4 members (excludes halogenated alkanes) is 33. The fraction of sp³-hybridized carbons (Fsp3) is 0.753. The Hall–Kier alpha value is -4.02. The van der Waals surface area contributed by atoms with Crippen molar-refractivity contribution in [2.24, 2.45) is 0 Å². The lowest BCUT2D eigenvalue weighted by atomic mass is 10.0. The first-order chi connectivity index (χ1) is 48.7. The summed E-state index contributed by atoms with van der Waals surface area (Å²) < 4.78 is 68.4.